The van der Waals surface area contributed by atoms with Gasteiger partial charge in [-0.25, -0.2) is 14.6 Å². The molecule has 2 aromatic carbocycles. The van der Waals surface area contributed by atoms with Gasteiger partial charge in [-0.2, -0.15) is 5.10 Å². The Morgan fingerprint density at radius 3 is 2.53 bits per heavy atom. The van der Waals surface area contributed by atoms with Crippen LogP contribution in [0.1, 0.15) is 18.9 Å². The average molecular weight is 475 g/mol. The fourth-order valence-electron chi connectivity index (χ4n) is 4.26. The summed E-state index contributed by atoms with van der Waals surface area (Å²) in [5.74, 6) is 1.67. The van der Waals surface area contributed by atoms with Gasteiger partial charge in [0.15, 0.2) is 5.65 Å². The summed E-state index contributed by atoms with van der Waals surface area (Å²) in [6, 6.07) is 14.8. The summed E-state index contributed by atoms with van der Waals surface area (Å²) in [7, 11) is 0. The first-order chi connectivity index (χ1) is 16.5. The number of piperidine rings is 1. The third kappa shape index (κ3) is 4.20. The molecule has 1 saturated heterocycles. The van der Waals surface area contributed by atoms with E-state index in [2.05, 4.69) is 16.5 Å². The number of ether oxygens (including phenoxy) is 1. The van der Waals surface area contributed by atoms with Gasteiger partial charge >= 0.3 is 0 Å². The van der Waals surface area contributed by atoms with Crippen molar-refractivity contribution in [3.8, 4) is 22.8 Å². The highest BCUT2D eigenvalue weighted by molar-refractivity contribution is 6.30. The van der Waals surface area contributed by atoms with Crippen LogP contribution in [0.3, 0.4) is 0 Å². The molecule has 1 fully saturated rings. The number of carbonyl (C=O) groups excluding carboxylic acids is 1. The lowest BCUT2D eigenvalue weighted by Crippen LogP contribution is -2.40. The number of rotatable bonds is 5. The minimum absolute atomic E-state index is 0.0179. The largest absolute Gasteiger partial charge is 0.457 e. The van der Waals surface area contributed by atoms with Crippen molar-refractivity contribution < 1.29 is 9.53 Å². The highest BCUT2D eigenvalue weighted by Crippen LogP contribution is 2.35. The van der Waals surface area contributed by atoms with Crippen LogP contribution in [0.5, 0.6) is 11.5 Å². The summed E-state index contributed by atoms with van der Waals surface area (Å²) in [4.78, 5) is 22.6. The van der Waals surface area contributed by atoms with Crippen LogP contribution >= 0.6 is 11.6 Å². The summed E-state index contributed by atoms with van der Waals surface area (Å²) in [5, 5.41) is 6.25. The molecule has 0 spiro atoms. The Morgan fingerprint density at radius 2 is 1.82 bits per heavy atom. The van der Waals surface area contributed by atoms with Gasteiger partial charge in [-0.3, -0.25) is 4.79 Å². The Morgan fingerprint density at radius 1 is 1.12 bits per heavy atom. The lowest BCUT2D eigenvalue weighted by Gasteiger charge is -2.32. The van der Waals surface area contributed by atoms with Crippen LogP contribution in [-0.2, 0) is 4.79 Å². The summed E-state index contributed by atoms with van der Waals surface area (Å²) in [5.41, 5.74) is 8.47. The van der Waals surface area contributed by atoms with E-state index in [1.807, 2.05) is 41.1 Å². The van der Waals surface area contributed by atoms with Gasteiger partial charge < -0.3 is 15.4 Å². The van der Waals surface area contributed by atoms with Gasteiger partial charge in [0.1, 0.15) is 29.3 Å². The number of aromatic nitrogens is 4. The normalized spacial score (nSPS) is 15.9. The van der Waals surface area contributed by atoms with Gasteiger partial charge in [-0.05, 0) is 67.4 Å². The van der Waals surface area contributed by atoms with Gasteiger partial charge in [-0.15, -0.1) is 0 Å². The number of anilines is 1. The fraction of sp³-hybridized carbons (Fsp3) is 0.200. The Hall–Kier alpha value is -3.91. The van der Waals surface area contributed by atoms with Crippen molar-refractivity contribution in [2.24, 2.45) is 0 Å². The molecule has 1 aliphatic rings. The molecule has 172 valence electrons. The molecule has 3 heterocycles. The van der Waals surface area contributed by atoms with E-state index in [4.69, 9.17) is 27.2 Å². The van der Waals surface area contributed by atoms with Gasteiger partial charge in [0.2, 0.25) is 5.91 Å². The molecule has 0 aliphatic carbocycles. The van der Waals surface area contributed by atoms with Crippen molar-refractivity contribution in [2.75, 3.05) is 18.8 Å². The Kier molecular flexibility index (Phi) is 5.90. The van der Waals surface area contributed by atoms with E-state index in [0.29, 0.717) is 52.2 Å². The number of nitrogens with two attached hydrogens (primary N) is 1. The predicted molar refractivity (Wildman–Crippen MR) is 132 cm³/mol. The third-order valence-electron chi connectivity index (χ3n) is 5.92. The first-order valence-corrected chi connectivity index (χ1v) is 11.3. The molecule has 1 aliphatic heterocycles. The van der Waals surface area contributed by atoms with Crippen molar-refractivity contribution in [3.63, 3.8) is 0 Å². The molecule has 0 saturated carbocycles. The molecular weight excluding hydrogens is 452 g/mol. The number of carbonyl (C=O) groups is 1. The average Bonchev–Trinajstić information content (AvgIpc) is 3.26. The van der Waals surface area contributed by atoms with E-state index in [0.717, 1.165) is 18.4 Å². The first kappa shape index (κ1) is 21.9. The van der Waals surface area contributed by atoms with Crippen LogP contribution in [0, 0.1) is 0 Å². The van der Waals surface area contributed by atoms with Gasteiger partial charge in [0, 0.05) is 23.7 Å². The highest BCUT2D eigenvalue weighted by Gasteiger charge is 2.28. The monoisotopic (exact) mass is 474 g/mol. The number of amides is 1. The molecule has 0 unspecified atom stereocenters. The number of benzene rings is 2. The number of nitrogens with zero attached hydrogens (tertiary/aromatic N) is 5. The summed E-state index contributed by atoms with van der Waals surface area (Å²) in [6.45, 7) is 4.86. The van der Waals surface area contributed by atoms with Gasteiger partial charge in [0.05, 0.1) is 11.4 Å². The molecule has 34 heavy (non-hydrogen) atoms. The Bertz CT molecular complexity index is 1350. The number of likely N-dealkylation sites (tertiary alicyclic amines) is 1. The molecule has 1 amide bonds. The van der Waals surface area contributed by atoms with Gasteiger partial charge in [-0.1, -0.05) is 18.2 Å². The van der Waals surface area contributed by atoms with Crippen LogP contribution in [-0.4, -0.2) is 43.6 Å². The second-order valence-corrected chi connectivity index (χ2v) is 8.55. The third-order valence-corrected chi connectivity index (χ3v) is 6.18. The standard InChI is InChI=1S/C25H23ClN6O2/c1-2-21(33)31-13-3-4-18(14-31)32-25-22(24(27)28-15-29-25)23(30-32)16-5-9-19(10-6-16)34-20-11-7-17(26)8-12-20/h2,5-12,15,18H,1,3-4,13-14H2,(H2,27,28,29)/t18-/m0/s1. The van der Waals surface area contributed by atoms with Crippen LogP contribution in [0.15, 0.2) is 67.5 Å². The number of hydrogen-bond acceptors (Lipinski definition) is 6. The zero-order chi connectivity index (χ0) is 23.7. The maximum Gasteiger partial charge on any atom is 0.246 e. The molecule has 1 atom stereocenters. The molecule has 0 radical (unpaired) electrons. The van der Waals surface area contributed by atoms with Crippen molar-refractivity contribution in [2.45, 2.75) is 18.9 Å². The maximum absolute atomic E-state index is 12.2. The number of nitrogen functional groups attached to an aromatic ring is 1. The van der Waals surface area contributed by atoms with Crippen molar-refractivity contribution in [1.29, 1.82) is 0 Å². The second-order valence-electron chi connectivity index (χ2n) is 8.12. The maximum atomic E-state index is 12.2. The summed E-state index contributed by atoms with van der Waals surface area (Å²) < 4.78 is 7.78. The number of hydrogen-bond donors (Lipinski definition) is 1. The summed E-state index contributed by atoms with van der Waals surface area (Å²) >= 11 is 5.94. The minimum atomic E-state index is -0.0770. The lowest BCUT2D eigenvalue weighted by molar-refractivity contribution is -0.127. The van der Waals surface area contributed by atoms with Crippen LogP contribution in [0.25, 0.3) is 22.3 Å². The van der Waals surface area contributed by atoms with Gasteiger partial charge in [0.25, 0.3) is 0 Å². The van der Waals surface area contributed by atoms with Crippen molar-refractivity contribution in [3.05, 3.63) is 72.5 Å². The topological polar surface area (TPSA) is 99.2 Å². The van der Waals surface area contributed by atoms with Crippen LogP contribution in [0.4, 0.5) is 5.82 Å². The minimum Gasteiger partial charge on any atom is -0.457 e. The molecule has 2 aromatic heterocycles. The van der Waals surface area contributed by atoms with E-state index < -0.39 is 0 Å². The predicted octanol–water partition coefficient (Wildman–Crippen LogP) is 4.87. The zero-order valence-electron chi connectivity index (χ0n) is 18.4. The number of fused-ring (bicyclic) bond motifs is 1. The van der Waals surface area contributed by atoms with E-state index in [1.165, 1.54) is 12.4 Å². The molecule has 4 aromatic rings. The quantitative estimate of drug-likeness (QED) is 0.414. The Labute approximate surface area is 201 Å². The van der Waals surface area contributed by atoms with E-state index in [-0.39, 0.29) is 11.9 Å². The Balaban J connectivity index is 1.48. The van der Waals surface area contributed by atoms with E-state index in [9.17, 15) is 4.79 Å². The zero-order valence-corrected chi connectivity index (χ0v) is 19.2. The smallest absolute Gasteiger partial charge is 0.246 e. The molecule has 9 heteroatoms. The molecular formula is C25H23ClN6O2. The highest BCUT2D eigenvalue weighted by atomic mass is 35.5. The first-order valence-electron chi connectivity index (χ1n) is 11.0. The molecule has 8 nitrogen and oxygen atoms in total. The summed E-state index contributed by atoms with van der Waals surface area (Å²) in [6.07, 6.45) is 4.55. The molecule has 2 N–H and O–H groups in total. The van der Waals surface area contributed by atoms with Crippen LogP contribution in [0.2, 0.25) is 5.02 Å². The SMILES string of the molecule is C=CC(=O)N1CCC[C@H](n2nc(-c3ccc(Oc4ccc(Cl)cc4)cc3)c3c(N)ncnc32)C1. The molecule has 0 bridgehead atoms. The van der Waals surface area contributed by atoms with Crippen LogP contribution < -0.4 is 10.5 Å². The van der Waals surface area contributed by atoms with Crippen molar-refractivity contribution in [1.82, 2.24) is 24.6 Å². The lowest BCUT2D eigenvalue weighted by atomic mass is 10.1. The van der Waals surface area contributed by atoms with Crippen molar-refractivity contribution >= 4 is 34.4 Å². The second kappa shape index (κ2) is 9.15. The fourth-order valence-corrected chi connectivity index (χ4v) is 4.38. The molecule has 5 rings (SSSR count). The van der Waals surface area contributed by atoms with E-state index >= 15 is 0 Å². The van der Waals surface area contributed by atoms with E-state index in [1.54, 1.807) is 17.0 Å². The number of halogens is 1.